The lowest BCUT2D eigenvalue weighted by Gasteiger charge is -2.08. The third-order valence-electron chi connectivity index (χ3n) is 3.80. The summed E-state index contributed by atoms with van der Waals surface area (Å²) in [5.74, 6) is 2.23. The van der Waals surface area contributed by atoms with Gasteiger partial charge in [0.05, 0.1) is 19.2 Å². The summed E-state index contributed by atoms with van der Waals surface area (Å²) in [6.45, 7) is 2.37. The molecule has 1 N–H and O–H groups in total. The largest absolute Gasteiger partial charge is 0.497 e. The molecule has 0 aliphatic heterocycles. The fraction of sp³-hybridized carbons (Fsp3) is 0.200. The molecule has 0 saturated heterocycles. The van der Waals surface area contributed by atoms with E-state index in [1.54, 1.807) is 18.9 Å². The van der Waals surface area contributed by atoms with Crippen molar-refractivity contribution >= 4 is 17.7 Å². The highest BCUT2D eigenvalue weighted by Gasteiger charge is 2.12. The molecule has 26 heavy (non-hydrogen) atoms. The molecule has 0 saturated carbocycles. The zero-order valence-electron chi connectivity index (χ0n) is 14.7. The minimum atomic E-state index is -0.115. The van der Waals surface area contributed by atoms with Crippen LogP contribution in [-0.2, 0) is 6.54 Å². The Morgan fingerprint density at radius 1 is 1.19 bits per heavy atom. The zero-order chi connectivity index (χ0) is 18.4. The molecule has 3 aromatic rings. The van der Waals surface area contributed by atoms with E-state index < -0.39 is 0 Å². The molecular weight excluding hydrogens is 348 g/mol. The Balaban J connectivity index is 1.65. The number of thioether (sulfide) groups is 1. The molecule has 0 radical (unpaired) electrons. The highest BCUT2D eigenvalue weighted by Crippen LogP contribution is 2.24. The van der Waals surface area contributed by atoms with E-state index in [2.05, 4.69) is 17.4 Å². The van der Waals surface area contributed by atoms with Gasteiger partial charge in [0.25, 0.3) is 5.91 Å². The quantitative estimate of drug-likeness (QED) is 0.627. The molecule has 0 spiro atoms. The predicted molar refractivity (Wildman–Crippen MR) is 103 cm³/mol. The Kier molecular flexibility index (Phi) is 5.96. The van der Waals surface area contributed by atoms with Gasteiger partial charge in [-0.05, 0) is 42.2 Å². The molecule has 1 amide bonds. The molecule has 1 aromatic heterocycles. The number of hydrogen-bond acceptors (Lipinski definition) is 5. The zero-order valence-corrected chi connectivity index (χ0v) is 15.5. The minimum Gasteiger partial charge on any atom is -0.497 e. The van der Waals surface area contributed by atoms with Gasteiger partial charge in [-0.1, -0.05) is 24.2 Å². The van der Waals surface area contributed by atoms with Gasteiger partial charge >= 0.3 is 0 Å². The van der Waals surface area contributed by atoms with Crippen LogP contribution in [0.2, 0.25) is 0 Å². The van der Waals surface area contributed by atoms with Crippen LogP contribution in [-0.4, -0.2) is 23.9 Å². The lowest BCUT2D eigenvalue weighted by molar-refractivity contribution is 0.0947. The van der Waals surface area contributed by atoms with Crippen molar-refractivity contribution in [3.63, 3.8) is 0 Å². The summed E-state index contributed by atoms with van der Waals surface area (Å²) in [7, 11) is 1.63. The summed E-state index contributed by atoms with van der Waals surface area (Å²) in [6.07, 6.45) is 0. The summed E-state index contributed by atoms with van der Waals surface area (Å²) in [4.78, 5) is 13.4. The third-order valence-corrected chi connectivity index (χ3v) is 4.75. The van der Waals surface area contributed by atoms with E-state index in [1.165, 1.54) is 0 Å². The molecule has 6 heteroatoms. The Hall–Kier alpha value is -2.73. The molecule has 5 nitrogen and oxygen atoms in total. The maximum atomic E-state index is 12.5. The van der Waals surface area contributed by atoms with E-state index in [0.717, 1.165) is 22.0 Å². The van der Waals surface area contributed by atoms with Crippen LogP contribution in [0, 0.1) is 0 Å². The Morgan fingerprint density at radius 3 is 2.69 bits per heavy atom. The molecule has 0 fully saturated rings. The molecule has 0 aliphatic carbocycles. The van der Waals surface area contributed by atoms with Gasteiger partial charge in [-0.2, -0.15) is 0 Å². The Labute approximate surface area is 156 Å². The van der Waals surface area contributed by atoms with Crippen molar-refractivity contribution in [1.29, 1.82) is 0 Å². The number of nitrogens with zero attached hydrogens (tertiary/aromatic N) is 1. The monoisotopic (exact) mass is 368 g/mol. The van der Waals surface area contributed by atoms with Crippen molar-refractivity contribution in [2.75, 3.05) is 12.9 Å². The van der Waals surface area contributed by atoms with Gasteiger partial charge < -0.3 is 14.6 Å². The predicted octanol–water partition coefficient (Wildman–Crippen LogP) is 4.39. The van der Waals surface area contributed by atoms with E-state index in [9.17, 15) is 4.79 Å². The van der Waals surface area contributed by atoms with Gasteiger partial charge in [-0.15, -0.1) is 11.8 Å². The van der Waals surface area contributed by atoms with Crippen LogP contribution in [0.4, 0.5) is 0 Å². The molecule has 134 valence electrons. The van der Waals surface area contributed by atoms with Crippen molar-refractivity contribution in [3.05, 3.63) is 65.9 Å². The second-order valence-corrected chi connectivity index (χ2v) is 6.83. The first-order valence-electron chi connectivity index (χ1n) is 8.31. The summed E-state index contributed by atoms with van der Waals surface area (Å²) in [6, 6.07) is 17.0. The summed E-state index contributed by atoms with van der Waals surface area (Å²) in [5, 5.41) is 6.94. The average Bonchev–Trinajstić information content (AvgIpc) is 3.16. The summed E-state index contributed by atoms with van der Waals surface area (Å²) < 4.78 is 10.5. The van der Waals surface area contributed by atoms with Gasteiger partial charge in [-0.25, -0.2) is 0 Å². The van der Waals surface area contributed by atoms with Crippen molar-refractivity contribution in [2.45, 2.75) is 18.4 Å². The number of carbonyl (C=O) groups excluding carboxylic acids is 1. The minimum absolute atomic E-state index is 0.115. The van der Waals surface area contributed by atoms with Crippen LogP contribution in [0.1, 0.15) is 23.0 Å². The normalized spacial score (nSPS) is 10.5. The number of carbonyl (C=O) groups is 1. The van der Waals surface area contributed by atoms with Crippen molar-refractivity contribution < 1.29 is 14.1 Å². The SMILES string of the molecule is CCSc1ccccc1C(=O)NCc1cc(-c2ccc(OC)cc2)on1. The smallest absolute Gasteiger partial charge is 0.252 e. The van der Waals surface area contributed by atoms with Crippen molar-refractivity contribution in [1.82, 2.24) is 10.5 Å². The van der Waals surface area contributed by atoms with Gasteiger partial charge in [0.1, 0.15) is 11.4 Å². The molecular formula is C20H20N2O3S. The van der Waals surface area contributed by atoms with E-state index in [-0.39, 0.29) is 5.91 Å². The summed E-state index contributed by atoms with van der Waals surface area (Å²) in [5.41, 5.74) is 2.25. The van der Waals surface area contributed by atoms with Crippen LogP contribution >= 0.6 is 11.8 Å². The second-order valence-electron chi connectivity index (χ2n) is 5.52. The third kappa shape index (κ3) is 4.26. The number of benzene rings is 2. The first kappa shape index (κ1) is 18.1. The molecule has 3 rings (SSSR count). The summed E-state index contributed by atoms with van der Waals surface area (Å²) >= 11 is 1.65. The maximum Gasteiger partial charge on any atom is 0.252 e. The number of methoxy groups -OCH3 is 1. The fourth-order valence-electron chi connectivity index (χ4n) is 2.49. The van der Waals surface area contributed by atoms with Crippen LogP contribution in [0.25, 0.3) is 11.3 Å². The highest BCUT2D eigenvalue weighted by atomic mass is 32.2. The van der Waals surface area contributed by atoms with Gasteiger partial charge in [0, 0.05) is 16.5 Å². The number of nitrogens with one attached hydrogen (secondary N) is 1. The van der Waals surface area contributed by atoms with Gasteiger partial charge in [0.15, 0.2) is 5.76 Å². The first-order valence-corrected chi connectivity index (χ1v) is 9.30. The molecule has 0 bridgehead atoms. The highest BCUT2D eigenvalue weighted by molar-refractivity contribution is 7.99. The van der Waals surface area contributed by atoms with E-state index >= 15 is 0 Å². The molecule has 0 unspecified atom stereocenters. The van der Waals surface area contributed by atoms with E-state index in [1.807, 2.05) is 54.6 Å². The standard InChI is InChI=1S/C20H20N2O3S/c1-3-26-19-7-5-4-6-17(19)20(23)21-13-15-12-18(25-22-15)14-8-10-16(24-2)11-9-14/h4-12H,3,13H2,1-2H3,(H,21,23). The molecule has 0 atom stereocenters. The average molecular weight is 368 g/mol. The number of aromatic nitrogens is 1. The van der Waals surface area contributed by atoms with Gasteiger partial charge in [0.2, 0.25) is 0 Å². The molecule has 2 aromatic carbocycles. The van der Waals surface area contributed by atoms with Gasteiger partial charge in [-0.3, -0.25) is 4.79 Å². The molecule has 1 heterocycles. The van der Waals surface area contributed by atoms with Crippen molar-refractivity contribution in [3.8, 4) is 17.1 Å². The van der Waals surface area contributed by atoms with Crippen LogP contribution < -0.4 is 10.1 Å². The maximum absolute atomic E-state index is 12.5. The lowest BCUT2D eigenvalue weighted by atomic mass is 10.1. The van der Waals surface area contributed by atoms with E-state index in [4.69, 9.17) is 9.26 Å². The topological polar surface area (TPSA) is 64.4 Å². The number of amides is 1. The molecule has 0 aliphatic rings. The van der Waals surface area contributed by atoms with Crippen LogP contribution in [0.5, 0.6) is 5.75 Å². The number of rotatable bonds is 7. The second kappa shape index (κ2) is 8.58. The first-order chi connectivity index (χ1) is 12.7. The Morgan fingerprint density at radius 2 is 1.96 bits per heavy atom. The number of hydrogen-bond donors (Lipinski definition) is 1. The Bertz CT molecular complexity index is 875. The number of ether oxygens (including phenoxy) is 1. The fourth-order valence-corrected chi connectivity index (χ4v) is 3.29. The van der Waals surface area contributed by atoms with Crippen molar-refractivity contribution in [2.24, 2.45) is 0 Å². The van der Waals surface area contributed by atoms with E-state index in [0.29, 0.717) is 23.6 Å². The van der Waals surface area contributed by atoms with Crippen LogP contribution in [0.3, 0.4) is 0 Å². The van der Waals surface area contributed by atoms with Crippen LogP contribution in [0.15, 0.2) is 64.0 Å². The lowest BCUT2D eigenvalue weighted by Crippen LogP contribution is -2.23.